The third-order valence-electron chi connectivity index (χ3n) is 5.95. The van der Waals surface area contributed by atoms with Gasteiger partial charge in [0.2, 0.25) is 5.06 Å². The van der Waals surface area contributed by atoms with Gasteiger partial charge in [-0.25, -0.2) is 9.78 Å². The predicted molar refractivity (Wildman–Crippen MR) is 115 cm³/mol. The van der Waals surface area contributed by atoms with Crippen LogP contribution in [0, 0.1) is 5.92 Å². The van der Waals surface area contributed by atoms with E-state index in [4.69, 9.17) is 4.74 Å². The highest BCUT2D eigenvalue weighted by Crippen LogP contribution is 2.36. The predicted octanol–water partition coefficient (Wildman–Crippen LogP) is 3.93. The Hall–Kier alpha value is -3.08. The normalized spacial score (nSPS) is 18.0. The number of aromatic nitrogens is 1. The number of nitrogens with zero attached hydrogens (tertiary/aromatic N) is 3. The van der Waals surface area contributed by atoms with Gasteiger partial charge in [-0.05, 0) is 42.0 Å². The van der Waals surface area contributed by atoms with Gasteiger partial charge in [-0.15, -0.1) is 0 Å². The van der Waals surface area contributed by atoms with Crippen LogP contribution in [0.2, 0.25) is 0 Å². The van der Waals surface area contributed by atoms with E-state index in [1.807, 2.05) is 4.90 Å². The number of rotatable bonds is 5. The summed E-state index contributed by atoms with van der Waals surface area (Å²) in [5.74, 6) is -0.0629. The summed E-state index contributed by atoms with van der Waals surface area (Å²) in [5, 5.41) is 3.82. The summed E-state index contributed by atoms with van der Waals surface area (Å²) in [4.78, 5) is 32.5. The highest BCUT2D eigenvalue weighted by molar-refractivity contribution is 7.17. The molecule has 1 fully saturated rings. The van der Waals surface area contributed by atoms with Crippen LogP contribution >= 0.6 is 11.3 Å². The Bertz CT molecular complexity index is 1110. The van der Waals surface area contributed by atoms with Crippen LogP contribution < -0.4 is 15.0 Å². The first-order valence-electron chi connectivity index (χ1n) is 10.6. The van der Waals surface area contributed by atoms with Crippen molar-refractivity contribution in [2.45, 2.75) is 19.0 Å². The van der Waals surface area contributed by atoms with Gasteiger partial charge in [0, 0.05) is 32.7 Å². The average Bonchev–Trinajstić information content (AvgIpc) is 3.14. The Morgan fingerprint density at radius 1 is 1.12 bits per heavy atom. The van der Waals surface area contributed by atoms with Crippen molar-refractivity contribution in [2.75, 3.05) is 37.6 Å². The SMILES string of the molecule is O=C(NCC1CC1)Oc1cnc(N2CC3=C(CN(C(=O)c4ccccc4C(F)(F)F)C3)C2)s1. The Balaban J connectivity index is 1.17. The molecular weight excluding hydrogens is 457 g/mol. The summed E-state index contributed by atoms with van der Waals surface area (Å²) >= 11 is 1.26. The standard InChI is InChI=1S/C22H21F3N4O3S/c23-22(24,25)17-4-2-1-3-16(17)19(30)28-9-14-11-29(12-15(14)10-28)20-26-8-18(33-20)32-21(31)27-7-13-5-6-13/h1-4,8,13H,5-7,9-12H2,(H,27,31). The van der Waals surface area contributed by atoms with Gasteiger partial charge in [0.1, 0.15) is 0 Å². The number of halogens is 3. The second-order valence-corrected chi connectivity index (χ2v) is 9.42. The minimum atomic E-state index is -4.58. The van der Waals surface area contributed by atoms with Gasteiger partial charge in [0.25, 0.3) is 5.91 Å². The maximum Gasteiger partial charge on any atom is 0.417 e. The lowest BCUT2D eigenvalue weighted by Crippen LogP contribution is -2.35. The van der Waals surface area contributed by atoms with Crippen LogP contribution in [0.1, 0.15) is 28.8 Å². The molecule has 5 rings (SSSR count). The molecule has 0 saturated heterocycles. The summed E-state index contributed by atoms with van der Waals surface area (Å²) in [6.45, 7) is 2.25. The van der Waals surface area contributed by atoms with E-state index in [0.717, 1.165) is 30.1 Å². The molecule has 0 spiro atoms. The molecule has 0 unspecified atom stereocenters. The van der Waals surface area contributed by atoms with Crippen molar-refractivity contribution in [1.82, 2.24) is 15.2 Å². The van der Waals surface area contributed by atoms with Crippen molar-refractivity contribution < 1.29 is 27.5 Å². The van der Waals surface area contributed by atoms with E-state index in [0.29, 0.717) is 35.7 Å². The maximum atomic E-state index is 13.3. The van der Waals surface area contributed by atoms with Gasteiger partial charge in [-0.2, -0.15) is 13.2 Å². The lowest BCUT2D eigenvalue weighted by molar-refractivity contribution is -0.138. The van der Waals surface area contributed by atoms with Crippen LogP contribution in [0.4, 0.5) is 23.1 Å². The van der Waals surface area contributed by atoms with Crippen LogP contribution in [0.5, 0.6) is 5.06 Å². The summed E-state index contributed by atoms with van der Waals surface area (Å²) in [7, 11) is 0. The largest absolute Gasteiger partial charge is 0.417 e. The Morgan fingerprint density at radius 3 is 2.48 bits per heavy atom. The highest BCUT2D eigenvalue weighted by atomic mass is 32.1. The summed E-state index contributed by atoms with van der Waals surface area (Å²) < 4.78 is 45.2. The van der Waals surface area contributed by atoms with E-state index >= 15 is 0 Å². The molecule has 174 valence electrons. The van der Waals surface area contributed by atoms with E-state index < -0.39 is 23.7 Å². The first-order valence-corrected chi connectivity index (χ1v) is 11.4. The maximum absolute atomic E-state index is 13.3. The van der Waals surface area contributed by atoms with Crippen LogP contribution in [0.3, 0.4) is 0 Å². The third-order valence-corrected chi connectivity index (χ3v) is 6.88. The summed E-state index contributed by atoms with van der Waals surface area (Å²) in [6, 6.07) is 4.87. The number of carbonyl (C=O) groups excluding carboxylic acids is 2. The first-order chi connectivity index (χ1) is 15.8. The fourth-order valence-corrected chi connectivity index (χ4v) is 4.83. The van der Waals surface area contributed by atoms with E-state index in [1.165, 1.54) is 40.6 Å². The van der Waals surface area contributed by atoms with Crippen molar-refractivity contribution in [1.29, 1.82) is 0 Å². The van der Waals surface area contributed by atoms with E-state index in [1.54, 1.807) is 0 Å². The molecule has 2 aromatic rings. The Morgan fingerprint density at radius 2 is 1.82 bits per heavy atom. The van der Waals surface area contributed by atoms with Crippen molar-refractivity contribution in [3.63, 3.8) is 0 Å². The number of hydrogen-bond acceptors (Lipinski definition) is 6. The second kappa shape index (κ2) is 8.36. The topological polar surface area (TPSA) is 74.8 Å². The van der Waals surface area contributed by atoms with Crippen LogP contribution in [0.15, 0.2) is 41.6 Å². The van der Waals surface area contributed by atoms with Gasteiger partial charge in [0.05, 0.1) is 17.3 Å². The van der Waals surface area contributed by atoms with E-state index in [9.17, 15) is 22.8 Å². The number of nitrogens with one attached hydrogen (secondary N) is 1. The molecule has 1 aromatic heterocycles. The number of thiazole rings is 1. The molecule has 0 radical (unpaired) electrons. The molecule has 2 aliphatic heterocycles. The summed E-state index contributed by atoms with van der Waals surface area (Å²) in [5.41, 5.74) is 0.769. The van der Waals surface area contributed by atoms with Crippen molar-refractivity contribution in [2.24, 2.45) is 5.92 Å². The molecule has 11 heteroatoms. The molecule has 1 aliphatic carbocycles. The second-order valence-electron chi connectivity index (χ2n) is 8.44. The molecule has 7 nitrogen and oxygen atoms in total. The lowest BCUT2D eigenvalue weighted by Gasteiger charge is -2.23. The number of amides is 2. The van der Waals surface area contributed by atoms with Gasteiger partial charge < -0.3 is 19.9 Å². The fraction of sp³-hybridized carbons (Fsp3) is 0.409. The molecule has 3 heterocycles. The smallest absolute Gasteiger partial charge is 0.397 e. The number of benzene rings is 1. The third kappa shape index (κ3) is 4.68. The monoisotopic (exact) mass is 478 g/mol. The molecule has 0 bridgehead atoms. The first kappa shape index (κ1) is 21.7. The Labute approximate surface area is 191 Å². The lowest BCUT2D eigenvalue weighted by atomic mass is 10.1. The minimum absolute atomic E-state index is 0.287. The zero-order chi connectivity index (χ0) is 23.2. The van der Waals surface area contributed by atoms with Gasteiger partial charge >= 0.3 is 12.3 Å². The number of carbonyl (C=O) groups is 2. The van der Waals surface area contributed by atoms with Gasteiger partial charge in [-0.3, -0.25) is 4.79 Å². The average molecular weight is 478 g/mol. The molecule has 2 amide bonds. The van der Waals surface area contributed by atoms with Gasteiger partial charge in [-0.1, -0.05) is 23.5 Å². The number of hydrogen-bond donors (Lipinski definition) is 1. The van der Waals surface area contributed by atoms with Crippen LogP contribution in [-0.2, 0) is 6.18 Å². The molecular formula is C22H21F3N4O3S. The zero-order valence-corrected chi connectivity index (χ0v) is 18.3. The van der Waals surface area contributed by atoms with Crippen molar-refractivity contribution in [3.8, 4) is 5.06 Å². The van der Waals surface area contributed by atoms with Gasteiger partial charge in [0.15, 0.2) is 5.13 Å². The molecule has 3 aliphatic rings. The number of ether oxygens (including phenoxy) is 1. The van der Waals surface area contributed by atoms with Crippen molar-refractivity contribution in [3.05, 3.63) is 52.7 Å². The summed E-state index contributed by atoms with van der Waals surface area (Å²) in [6.07, 6.45) is -1.31. The number of anilines is 1. The molecule has 1 saturated carbocycles. The quantitative estimate of drug-likeness (QED) is 0.660. The van der Waals surface area contributed by atoms with Crippen LogP contribution in [0.25, 0.3) is 0 Å². The molecule has 33 heavy (non-hydrogen) atoms. The molecule has 1 N–H and O–H groups in total. The van der Waals surface area contributed by atoms with Crippen LogP contribution in [-0.4, -0.2) is 54.6 Å². The minimum Gasteiger partial charge on any atom is -0.397 e. The molecule has 0 atom stereocenters. The fourth-order valence-electron chi connectivity index (χ4n) is 4.07. The number of alkyl halides is 3. The molecule has 1 aromatic carbocycles. The highest BCUT2D eigenvalue weighted by Gasteiger charge is 2.38. The zero-order valence-electron chi connectivity index (χ0n) is 17.5. The van der Waals surface area contributed by atoms with Crippen molar-refractivity contribution >= 4 is 28.5 Å². The van der Waals surface area contributed by atoms with E-state index in [-0.39, 0.29) is 18.7 Å². The van der Waals surface area contributed by atoms with E-state index in [2.05, 4.69) is 10.3 Å². The Kier molecular flexibility index (Phi) is 5.51.